The molecule has 0 rings (SSSR count). The molecular formula is C10H17. The van der Waals surface area contributed by atoms with Gasteiger partial charge in [0.05, 0.1) is 0 Å². The van der Waals surface area contributed by atoms with Crippen LogP contribution in [0.3, 0.4) is 0 Å². The molecule has 0 aromatic rings. The Morgan fingerprint density at radius 3 is 2.60 bits per heavy atom. The Morgan fingerprint density at radius 2 is 2.20 bits per heavy atom. The van der Waals surface area contributed by atoms with Crippen molar-refractivity contribution in [3.63, 3.8) is 0 Å². The van der Waals surface area contributed by atoms with Crippen LogP contribution in [-0.4, -0.2) is 0 Å². The minimum absolute atomic E-state index is 0.788. The maximum Gasteiger partial charge on any atom is -0.0322 e. The first-order chi connectivity index (χ1) is 4.66. The standard InChI is InChI=1S/C10H17/c1-5-10(4)8-6-7-9(2)3/h2,6-7,10H,5,8H2,1,3-4H3. The van der Waals surface area contributed by atoms with Gasteiger partial charge in [-0.3, -0.25) is 0 Å². The fourth-order valence-corrected chi connectivity index (χ4v) is 0.653. The number of allylic oxidation sites excluding steroid dienone is 3. The summed E-state index contributed by atoms with van der Waals surface area (Å²) in [5.74, 6) is 0.788. The van der Waals surface area contributed by atoms with E-state index in [2.05, 4.69) is 19.9 Å². The Balaban J connectivity index is 3.43. The second-order valence-electron chi connectivity index (χ2n) is 2.90. The predicted molar refractivity (Wildman–Crippen MR) is 46.7 cm³/mol. The van der Waals surface area contributed by atoms with Gasteiger partial charge in [-0.05, 0) is 19.3 Å². The number of hydrogen-bond acceptors (Lipinski definition) is 0. The maximum absolute atomic E-state index is 5.45. The van der Waals surface area contributed by atoms with E-state index < -0.39 is 0 Å². The van der Waals surface area contributed by atoms with Crippen LogP contribution < -0.4 is 0 Å². The Bertz CT molecular complexity index is 120. The SMILES string of the molecule is [CH]=C(C)C=CCC(C)CC. The third-order valence-corrected chi connectivity index (χ3v) is 1.62. The third kappa shape index (κ3) is 5.61. The van der Waals surface area contributed by atoms with Gasteiger partial charge in [-0.15, -0.1) is 0 Å². The van der Waals surface area contributed by atoms with Crippen LogP contribution in [0.25, 0.3) is 0 Å². The zero-order valence-electron chi connectivity index (χ0n) is 7.22. The second kappa shape index (κ2) is 5.28. The van der Waals surface area contributed by atoms with Crippen LogP contribution in [0.1, 0.15) is 33.6 Å². The molecule has 0 nitrogen and oxygen atoms in total. The summed E-state index contributed by atoms with van der Waals surface area (Å²) in [6.45, 7) is 11.8. The lowest BCUT2D eigenvalue weighted by Gasteiger charge is -2.01. The molecule has 1 unspecified atom stereocenters. The van der Waals surface area contributed by atoms with Crippen LogP contribution in [-0.2, 0) is 0 Å². The zero-order valence-corrected chi connectivity index (χ0v) is 7.22. The fraction of sp³-hybridized carbons (Fsp3) is 0.600. The molecule has 0 aliphatic heterocycles. The summed E-state index contributed by atoms with van der Waals surface area (Å²) in [5.41, 5.74) is 0.892. The lowest BCUT2D eigenvalue weighted by molar-refractivity contribution is 0.572. The van der Waals surface area contributed by atoms with Crippen molar-refractivity contribution in [1.29, 1.82) is 0 Å². The largest absolute Gasteiger partial charge is 0.0840 e. The van der Waals surface area contributed by atoms with Crippen LogP contribution in [0.15, 0.2) is 17.7 Å². The topological polar surface area (TPSA) is 0 Å². The van der Waals surface area contributed by atoms with Gasteiger partial charge in [0.2, 0.25) is 0 Å². The smallest absolute Gasteiger partial charge is 0.0322 e. The van der Waals surface area contributed by atoms with E-state index in [4.69, 9.17) is 6.58 Å². The van der Waals surface area contributed by atoms with E-state index in [9.17, 15) is 0 Å². The zero-order chi connectivity index (χ0) is 7.98. The highest BCUT2D eigenvalue weighted by Gasteiger charge is 1.92. The third-order valence-electron chi connectivity index (χ3n) is 1.62. The van der Waals surface area contributed by atoms with E-state index in [0.717, 1.165) is 17.9 Å². The molecule has 0 bridgehead atoms. The van der Waals surface area contributed by atoms with E-state index >= 15 is 0 Å². The molecule has 0 spiro atoms. The molecule has 0 heteroatoms. The summed E-state index contributed by atoms with van der Waals surface area (Å²) in [6.07, 6.45) is 6.51. The summed E-state index contributed by atoms with van der Waals surface area (Å²) in [4.78, 5) is 0. The summed E-state index contributed by atoms with van der Waals surface area (Å²) in [6, 6.07) is 0. The van der Waals surface area contributed by atoms with Gasteiger partial charge in [0.15, 0.2) is 0 Å². The molecule has 0 aromatic heterocycles. The van der Waals surface area contributed by atoms with Crippen LogP contribution in [0.5, 0.6) is 0 Å². The molecule has 0 fully saturated rings. The second-order valence-corrected chi connectivity index (χ2v) is 2.90. The Kier molecular flexibility index (Phi) is 5.00. The lowest BCUT2D eigenvalue weighted by Crippen LogP contribution is -1.87. The first-order valence-corrected chi connectivity index (χ1v) is 3.92. The van der Waals surface area contributed by atoms with Gasteiger partial charge in [0.1, 0.15) is 0 Å². The maximum atomic E-state index is 5.45. The molecule has 0 saturated carbocycles. The predicted octanol–water partition coefficient (Wildman–Crippen LogP) is 3.36. The molecule has 57 valence electrons. The van der Waals surface area contributed by atoms with Crippen molar-refractivity contribution in [3.05, 3.63) is 24.3 Å². The fourth-order valence-electron chi connectivity index (χ4n) is 0.653. The van der Waals surface area contributed by atoms with Crippen molar-refractivity contribution >= 4 is 0 Å². The molecule has 0 amide bonds. The summed E-state index contributed by atoms with van der Waals surface area (Å²) in [7, 11) is 0. The van der Waals surface area contributed by atoms with E-state index in [-0.39, 0.29) is 0 Å². The summed E-state index contributed by atoms with van der Waals surface area (Å²) >= 11 is 0. The average Bonchev–Trinajstić information content (AvgIpc) is 1.87. The van der Waals surface area contributed by atoms with E-state index in [1.165, 1.54) is 6.42 Å². The minimum Gasteiger partial charge on any atom is -0.0840 e. The number of rotatable bonds is 4. The van der Waals surface area contributed by atoms with Gasteiger partial charge < -0.3 is 0 Å². The van der Waals surface area contributed by atoms with E-state index in [1.54, 1.807) is 0 Å². The molecule has 0 heterocycles. The van der Waals surface area contributed by atoms with Crippen molar-refractivity contribution in [1.82, 2.24) is 0 Å². The van der Waals surface area contributed by atoms with Crippen LogP contribution >= 0.6 is 0 Å². The Labute approximate surface area is 64.6 Å². The first kappa shape index (κ1) is 9.48. The van der Waals surface area contributed by atoms with Gasteiger partial charge in [0.25, 0.3) is 0 Å². The minimum atomic E-state index is 0.788. The highest BCUT2D eigenvalue weighted by molar-refractivity contribution is 5.08. The summed E-state index contributed by atoms with van der Waals surface area (Å²) < 4.78 is 0. The van der Waals surface area contributed by atoms with Crippen molar-refractivity contribution < 1.29 is 0 Å². The quantitative estimate of drug-likeness (QED) is 0.521. The van der Waals surface area contributed by atoms with Gasteiger partial charge in [-0.1, -0.05) is 44.6 Å². The molecule has 0 saturated heterocycles. The van der Waals surface area contributed by atoms with Crippen molar-refractivity contribution in [2.45, 2.75) is 33.6 Å². The molecule has 1 radical (unpaired) electrons. The average molecular weight is 137 g/mol. The summed E-state index contributed by atoms with van der Waals surface area (Å²) in [5, 5.41) is 0. The van der Waals surface area contributed by atoms with Crippen LogP contribution in [0.2, 0.25) is 0 Å². The van der Waals surface area contributed by atoms with Gasteiger partial charge in [0, 0.05) is 0 Å². The molecule has 0 N–H and O–H groups in total. The molecule has 0 aliphatic rings. The lowest BCUT2D eigenvalue weighted by atomic mass is 10.0. The van der Waals surface area contributed by atoms with E-state index in [0.29, 0.717) is 0 Å². The van der Waals surface area contributed by atoms with Crippen molar-refractivity contribution in [2.24, 2.45) is 5.92 Å². The Hall–Kier alpha value is -0.520. The molecule has 10 heavy (non-hydrogen) atoms. The monoisotopic (exact) mass is 137 g/mol. The molecular weight excluding hydrogens is 120 g/mol. The van der Waals surface area contributed by atoms with Gasteiger partial charge in [-0.2, -0.15) is 0 Å². The number of hydrogen-bond donors (Lipinski definition) is 0. The van der Waals surface area contributed by atoms with Crippen molar-refractivity contribution in [2.75, 3.05) is 0 Å². The highest BCUT2D eigenvalue weighted by atomic mass is 14.0. The molecule has 1 atom stereocenters. The van der Waals surface area contributed by atoms with E-state index in [1.807, 2.05) is 13.0 Å². The Morgan fingerprint density at radius 1 is 1.60 bits per heavy atom. The highest BCUT2D eigenvalue weighted by Crippen LogP contribution is 2.07. The normalized spacial score (nSPS) is 13.9. The van der Waals surface area contributed by atoms with Gasteiger partial charge >= 0.3 is 0 Å². The molecule has 0 aliphatic carbocycles. The first-order valence-electron chi connectivity index (χ1n) is 3.92. The van der Waals surface area contributed by atoms with Crippen LogP contribution in [0.4, 0.5) is 0 Å². The molecule has 0 aromatic carbocycles. The van der Waals surface area contributed by atoms with Crippen molar-refractivity contribution in [3.8, 4) is 0 Å². The van der Waals surface area contributed by atoms with Crippen LogP contribution in [0, 0.1) is 12.5 Å². The van der Waals surface area contributed by atoms with Gasteiger partial charge in [-0.25, -0.2) is 0 Å².